The molecule has 0 radical (unpaired) electrons. The van der Waals surface area contributed by atoms with Crippen molar-refractivity contribution in [1.29, 1.82) is 0 Å². The minimum absolute atomic E-state index is 0.175. The zero-order valence-corrected chi connectivity index (χ0v) is 13.7. The van der Waals surface area contributed by atoms with Gasteiger partial charge in [0.15, 0.2) is 0 Å². The first-order valence-electron chi connectivity index (χ1n) is 6.58. The predicted octanol–water partition coefficient (Wildman–Crippen LogP) is 3.18. The van der Waals surface area contributed by atoms with Gasteiger partial charge in [0.2, 0.25) is 0 Å². The van der Waals surface area contributed by atoms with E-state index in [0.717, 1.165) is 23.5 Å². The van der Waals surface area contributed by atoms with E-state index in [9.17, 15) is 5.11 Å². The number of aryl methyl sites for hydroxylation is 1. The number of hydrogen-bond acceptors (Lipinski definition) is 5. The number of aliphatic hydroxyl groups excluding tert-OH is 1. The van der Waals surface area contributed by atoms with Gasteiger partial charge in [-0.25, -0.2) is 0 Å². The van der Waals surface area contributed by atoms with Crippen LogP contribution < -0.4 is 0 Å². The normalized spacial score (nSPS) is 13.7. The average Bonchev–Trinajstić information content (AvgIpc) is 2.95. The van der Waals surface area contributed by atoms with E-state index >= 15 is 0 Å². The number of halogens is 1. The molecule has 0 aliphatic rings. The number of aliphatic hydroxyl groups is 1. The average molecular weight is 315 g/mol. The molecule has 0 aromatic carbocycles. The summed E-state index contributed by atoms with van der Waals surface area (Å²) in [6.45, 7) is 8.91. The third-order valence-electron chi connectivity index (χ3n) is 3.00. The van der Waals surface area contributed by atoms with Crippen LogP contribution in [0.1, 0.15) is 56.5 Å². The Morgan fingerprint density at radius 3 is 2.75 bits per heavy atom. The third kappa shape index (κ3) is 2.87. The Kier molecular flexibility index (Phi) is 4.46. The topological polar surface area (TPSA) is 63.8 Å². The number of hydrogen-bond donors (Lipinski definition) is 1. The molecular weight excluding hydrogens is 296 g/mol. The highest BCUT2D eigenvalue weighted by Crippen LogP contribution is 2.35. The Bertz CT molecular complexity index is 587. The first-order chi connectivity index (χ1) is 9.36. The maximum atomic E-state index is 10.7. The van der Waals surface area contributed by atoms with Gasteiger partial charge in [0.05, 0.1) is 27.5 Å². The zero-order chi connectivity index (χ0) is 14.9. The Labute approximate surface area is 127 Å². The van der Waals surface area contributed by atoms with Crippen LogP contribution in [0.25, 0.3) is 0 Å². The largest absolute Gasteiger partial charge is 0.381 e. The highest BCUT2D eigenvalue weighted by molar-refractivity contribution is 7.05. The SMILES string of the molecule is CCCn1ncc(Cl)c1C(O)c1snnc1C(C)(C)C. The van der Waals surface area contributed by atoms with Crippen molar-refractivity contribution in [3.63, 3.8) is 0 Å². The van der Waals surface area contributed by atoms with Crippen LogP contribution in [0.5, 0.6) is 0 Å². The van der Waals surface area contributed by atoms with Crippen LogP contribution in [0.4, 0.5) is 0 Å². The third-order valence-corrected chi connectivity index (χ3v) is 4.07. The van der Waals surface area contributed by atoms with Gasteiger partial charge in [0, 0.05) is 12.0 Å². The van der Waals surface area contributed by atoms with Crippen molar-refractivity contribution in [3.8, 4) is 0 Å². The summed E-state index contributed by atoms with van der Waals surface area (Å²) >= 11 is 7.39. The van der Waals surface area contributed by atoms with E-state index in [2.05, 4.69) is 21.6 Å². The summed E-state index contributed by atoms with van der Waals surface area (Å²) < 4.78 is 5.73. The van der Waals surface area contributed by atoms with Crippen molar-refractivity contribution < 1.29 is 5.11 Å². The summed E-state index contributed by atoms with van der Waals surface area (Å²) in [5.74, 6) is 0. The Hall–Kier alpha value is -0.980. The monoisotopic (exact) mass is 314 g/mol. The predicted molar refractivity (Wildman–Crippen MR) is 80.2 cm³/mol. The van der Waals surface area contributed by atoms with E-state index in [-0.39, 0.29) is 5.41 Å². The second-order valence-corrected chi connectivity index (χ2v) is 6.93. The van der Waals surface area contributed by atoms with Crippen molar-refractivity contribution in [1.82, 2.24) is 19.4 Å². The van der Waals surface area contributed by atoms with E-state index < -0.39 is 6.10 Å². The summed E-state index contributed by atoms with van der Waals surface area (Å²) in [5.41, 5.74) is 1.24. The molecule has 0 aliphatic carbocycles. The number of aromatic nitrogens is 4. The molecule has 2 aromatic rings. The van der Waals surface area contributed by atoms with Crippen LogP contribution in [0, 0.1) is 0 Å². The second kappa shape index (κ2) is 5.79. The van der Waals surface area contributed by atoms with Crippen molar-refractivity contribution in [3.05, 3.63) is 27.5 Å². The van der Waals surface area contributed by atoms with E-state index in [1.165, 1.54) is 11.5 Å². The van der Waals surface area contributed by atoms with E-state index in [4.69, 9.17) is 11.6 Å². The van der Waals surface area contributed by atoms with Crippen LogP contribution in [0.15, 0.2) is 6.20 Å². The minimum atomic E-state index is -0.842. The first-order valence-corrected chi connectivity index (χ1v) is 7.73. The van der Waals surface area contributed by atoms with Crippen LogP contribution in [0.3, 0.4) is 0 Å². The van der Waals surface area contributed by atoms with Gasteiger partial charge in [-0.1, -0.05) is 43.8 Å². The molecule has 110 valence electrons. The van der Waals surface area contributed by atoms with Gasteiger partial charge < -0.3 is 5.11 Å². The molecule has 2 aromatic heterocycles. The first kappa shape index (κ1) is 15.4. The van der Waals surface area contributed by atoms with Gasteiger partial charge in [0.25, 0.3) is 0 Å². The Balaban J connectivity index is 2.44. The molecule has 0 bridgehead atoms. The quantitative estimate of drug-likeness (QED) is 0.941. The molecule has 1 atom stereocenters. The molecule has 20 heavy (non-hydrogen) atoms. The van der Waals surface area contributed by atoms with Crippen molar-refractivity contribution in [2.45, 2.75) is 52.2 Å². The molecule has 0 fully saturated rings. The lowest BCUT2D eigenvalue weighted by Crippen LogP contribution is -2.17. The Morgan fingerprint density at radius 1 is 1.45 bits per heavy atom. The molecule has 0 spiro atoms. The molecule has 0 saturated carbocycles. The zero-order valence-electron chi connectivity index (χ0n) is 12.1. The van der Waals surface area contributed by atoms with Gasteiger partial charge in [-0.05, 0) is 18.0 Å². The lowest BCUT2D eigenvalue weighted by atomic mass is 9.90. The van der Waals surface area contributed by atoms with Gasteiger partial charge in [0.1, 0.15) is 6.10 Å². The molecule has 0 amide bonds. The lowest BCUT2D eigenvalue weighted by Gasteiger charge is -2.19. The van der Waals surface area contributed by atoms with Crippen LogP contribution >= 0.6 is 23.1 Å². The molecule has 0 aliphatic heterocycles. The highest BCUT2D eigenvalue weighted by atomic mass is 35.5. The maximum Gasteiger partial charge on any atom is 0.135 e. The summed E-state index contributed by atoms with van der Waals surface area (Å²) in [6, 6.07) is 0. The summed E-state index contributed by atoms with van der Waals surface area (Å²) in [5, 5.41) is 19.5. The summed E-state index contributed by atoms with van der Waals surface area (Å²) in [7, 11) is 0. The smallest absolute Gasteiger partial charge is 0.135 e. The molecule has 2 heterocycles. The molecule has 2 rings (SSSR count). The van der Waals surface area contributed by atoms with E-state index in [1.54, 1.807) is 10.9 Å². The lowest BCUT2D eigenvalue weighted by molar-refractivity contribution is 0.208. The van der Waals surface area contributed by atoms with Gasteiger partial charge >= 0.3 is 0 Å². The summed E-state index contributed by atoms with van der Waals surface area (Å²) in [6.07, 6.45) is 1.65. The van der Waals surface area contributed by atoms with Crippen molar-refractivity contribution >= 4 is 23.1 Å². The van der Waals surface area contributed by atoms with Crippen LogP contribution in [0.2, 0.25) is 5.02 Å². The fraction of sp³-hybridized carbons (Fsp3) is 0.615. The number of rotatable bonds is 4. The standard InChI is InChI=1S/C13H19ClN4OS/c1-5-6-18-9(8(14)7-15-18)10(19)11-12(13(2,3)4)16-17-20-11/h7,10,19H,5-6H2,1-4H3. The molecule has 5 nitrogen and oxygen atoms in total. The molecule has 1 N–H and O–H groups in total. The van der Waals surface area contributed by atoms with Crippen molar-refractivity contribution in [2.75, 3.05) is 0 Å². The molecule has 1 unspecified atom stereocenters. The second-order valence-electron chi connectivity index (χ2n) is 5.74. The molecule has 0 saturated heterocycles. The molecular formula is C13H19ClN4OS. The summed E-state index contributed by atoms with van der Waals surface area (Å²) in [4.78, 5) is 0.734. The fourth-order valence-corrected chi connectivity index (χ4v) is 3.15. The van der Waals surface area contributed by atoms with E-state index in [0.29, 0.717) is 10.7 Å². The fourth-order valence-electron chi connectivity index (χ4n) is 2.05. The van der Waals surface area contributed by atoms with Crippen LogP contribution in [-0.4, -0.2) is 24.5 Å². The van der Waals surface area contributed by atoms with E-state index in [1.807, 2.05) is 20.8 Å². The molecule has 7 heteroatoms. The number of nitrogens with zero attached hydrogens (tertiary/aromatic N) is 4. The Morgan fingerprint density at radius 2 is 2.15 bits per heavy atom. The van der Waals surface area contributed by atoms with Crippen LogP contribution in [-0.2, 0) is 12.0 Å². The van der Waals surface area contributed by atoms with Gasteiger partial charge in [-0.2, -0.15) is 5.10 Å². The highest BCUT2D eigenvalue weighted by Gasteiger charge is 2.30. The van der Waals surface area contributed by atoms with Gasteiger partial charge in [-0.15, -0.1) is 5.10 Å². The minimum Gasteiger partial charge on any atom is -0.381 e. The van der Waals surface area contributed by atoms with Crippen molar-refractivity contribution in [2.24, 2.45) is 0 Å². The maximum absolute atomic E-state index is 10.7. The van der Waals surface area contributed by atoms with Gasteiger partial charge in [-0.3, -0.25) is 4.68 Å².